The lowest BCUT2D eigenvalue weighted by atomic mass is 10.1. The van der Waals surface area contributed by atoms with Crippen molar-refractivity contribution in [3.63, 3.8) is 0 Å². The van der Waals surface area contributed by atoms with Crippen LogP contribution in [-0.2, 0) is 24.4 Å². The third kappa shape index (κ3) is 6.03. The Kier molecular flexibility index (Phi) is 7.84. The molecule has 3 unspecified atom stereocenters. The number of carbonyl (C=O) groups is 1. The van der Waals surface area contributed by atoms with E-state index in [0.717, 1.165) is 60.7 Å². The van der Waals surface area contributed by atoms with E-state index in [0.29, 0.717) is 37.7 Å². The predicted octanol–water partition coefficient (Wildman–Crippen LogP) is 4.38. The monoisotopic (exact) mass is 556 g/mol. The molecule has 0 saturated carbocycles. The van der Waals surface area contributed by atoms with Crippen LogP contribution in [0.4, 0.5) is 5.82 Å². The molecule has 5 heterocycles. The van der Waals surface area contributed by atoms with Gasteiger partial charge in [0.25, 0.3) is 0 Å². The van der Waals surface area contributed by atoms with Gasteiger partial charge in [-0.05, 0) is 68.1 Å². The van der Waals surface area contributed by atoms with E-state index in [2.05, 4.69) is 33.3 Å². The minimum absolute atomic E-state index is 0.136. The Morgan fingerprint density at radius 2 is 1.95 bits per heavy atom. The van der Waals surface area contributed by atoms with Gasteiger partial charge >= 0.3 is 5.97 Å². The molecular weight excluding hydrogens is 520 g/mol. The van der Waals surface area contributed by atoms with E-state index in [4.69, 9.17) is 19.4 Å². The number of likely N-dealkylation sites (tertiary alicyclic amines) is 1. The van der Waals surface area contributed by atoms with Crippen molar-refractivity contribution in [2.45, 2.75) is 64.1 Å². The Morgan fingerprint density at radius 1 is 1.12 bits per heavy atom. The molecule has 6 rings (SSSR count). The van der Waals surface area contributed by atoms with E-state index < -0.39 is 5.97 Å². The molecule has 10 nitrogen and oxygen atoms in total. The number of pyridine rings is 2. The lowest BCUT2D eigenvalue weighted by Gasteiger charge is -2.32. The summed E-state index contributed by atoms with van der Waals surface area (Å²) in [5.41, 5.74) is 2.99. The summed E-state index contributed by atoms with van der Waals surface area (Å²) in [6.45, 7) is 5.67. The number of likely N-dealkylation sites (N-methyl/N-ethyl adjacent to an activating group) is 1. The van der Waals surface area contributed by atoms with Crippen LogP contribution in [0.3, 0.4) is 0 Å². The number of rotatable bonds is 11. The number of anilines is 1. The van der Waals surface area contributed by atoms with Crippen LogP contribution in [0.25, 0.3) is 11.0 Å². The van der Waals surface area contributed by atoms with Crippen molar-refractivity contribution in [2.24, 2.45) is 0 Å². The van der Waals surface area contributed by atoms with Crippen molar-refractivity contribution in [2.75, 3.05) is 25.1 Å². The highest BCUT2D eigenvalue weighted by atomic mass is 16.5. The molecule has 0 aliphatic carbocycles. The molecule has 2 fully saturated rings. The number of fused-ring (bicyclic) bond motifs is 1. The number of carboxylic acid groups (broad SMARTS) is 1. The standard InChI is InChI=1S/C31H36N6O4/c1-21-6-8-24(17-35(2)28-4-3-5-30(34-28)41-20-22-10-13-32-14-11-22)36(21)19-29-33-26-9-7-23(31(38)39)16-27(26)37(29)18-25-12-15-40-25/h3-5,7,9-11,13-14,16,21,24-25H,6,8,12,15,17-20H2,1-2H3,(H,38,39). The number of carboxylic acids is 1. The van der Waals surface area contributed by atoms with Crippen LogP contribution in [0.5, 0.6) is 5.88 Å². The van der Waals surface area contributed by atoms with Gasteiger partial charge in [-0.15, -0.1) is 0 Å². The maximum absolute atomic E-state index is 11.7. The van der Waals surface area contributed by atoms with Gasteiger partial charge in [-0.3, -0.25) is 9.88 Å². The van der Waals surface area contributed by atoms with Crippen molar-refractivity contribution in [1.82, 2.24) is 24.4 Å². The van der Waals surface area contributed by atoms with Crippen molar-refractivity contribution in [3.05, 3.63) is 77.9 Å². The summed E-state index contributed by atoms with van der Waals surface area (Å²) in [6.07, 6.45) is 6.85. The van der Waals surface area contributed by atoms with Crippen LogP contribution in [0.15, 0.2) is 60.9 Å². The van der Waals surface area contributed by atoms with Crippen molar-refractivity contribution >= 4 is 22.8 Å². The minimum Gasteiger partial charge on any atom is -0.478 e. The summed E-state index contributed by atoms with van der Waals surface area (Å²) in [4.78, 5) is 30.2. The summed E-state index contributed by atoms with van der Waals surface area (Å²) < 4.78 is 13.9. The van der Waals surface area contributed by atoms with Gasteiger partial charge in [-0.25, -0.2) is 9.78 Å². The van der Waals surface area contributed by atoms with E-state index >= 15 is 0 Å². The Bertz CT molecular complexity index is 1510. The van der Waals surface area contributed by atoms with Gasteiger partial charge in [0.1, 0.15) is 18.2 Å². The number of aromatic nitrogens is 4. The molecule has 41 heavy (non-hydrogen) atoms. The number of ether oxygens (including phenoxy) is 2. The number of hydrogen-bond donors (Lipinski definition) is 1. The second-order valence-corrected chi connectivity index (χ2v) is 11.0. The lowest BCUT2D eigenvalue weighted by Crippen LogP contribution is -2.42. The van der Waals surface area contributed by atoms with Crippen LogP contribution in [0.2, 0.25) is 0 Å². The minimum atomic E-state index is -0.933. The molecule has 2 aliphatic heterocycles. The maximum atomic E-state index is 11.7. The highest BCUT2D eigenvalue weighted by Crippen LogP contribution is 2.30. The third-order valence-corrected chi connectivity index (χ3v) is 8.25. The molecule has 0 radical (unpaired) electrons. The third-order valence-electron chi connectivity index (χ3n) is 8.25. The predicted molar refractivity (Wildman–Crippen MR) is 155 cm³/mol. The molecule has 10 heteroatoms. The van der Waals surface area contributed by atoms with Crippen LogP contribution in [0, 0.1) is 0 Å². The molecule has 0 bridgehead atoms. The molecule has 0 amide bonds. The van der Waals surface area contributed by atoms with Gasteiger partial charge in [-0.1, -0.05) is 6.07 Å². The fraction of sp³-hybridized carbons (Fsp3) is 0.419. The Morgan fingerprint density at radius 3 is 2.71 bits per heavy atom. The zero-order valence-electron chi connectivity index (χ0n) is 23.5. The van der Waals surface area contributed by atoms with Gasteiger partial charge in [0.2, 0.25) is 5.88 Å². The smallest absolute Gasteiger partial charge is 0.335 e. The largest absolute Gasteiger partial charge is 0.478 e. The number of aromatic carboxylic acids is 1. The molecule has 214 valence electrons. The summed E-state index contributed by atoms with van der Waals surface area (Å²) in [6, 6.07) is 15.6. The Balaban J connectivity index is 1.18. The number of nitrogens with zero attached hydrogens (tertiary/aromatic N) is 6. The Hall–Kier alpha value is -4.02. The summed E-state index contributed by atoms with van der Waals surface area (Å²) >= 11 is 0. The van der Waals surface area contributed by atoms with Gasteiger partial charge in [0.05, 0.1) is 35.8 Å². The SMILES string of the molecule is CC1CCC(CN(C)c2cccc(OCc3ccncc3)n2)N1Cc1nc2ccc(C(=O)O)cc2n1CC1CCO1. The van der Waals surface area contributed by atoms with Crippen LogP contribution >= 0.6 is 0 Å². The molecule has 3 aromatic heterocycles. The Labute approximate surface area is 239 Å². The first-order valence-corrected chi connectivity index (χ1v) is 14.2. The van der Waals surface area contributed by atoms with Crippen LogP contribution in [-0.4, -0.2) is 73.9 Å². The average molecular weight is 557 g/mol. The van der Waals surface area contributed by atoms with E-state index in [-0.39, 0.29) is 11.7 Å². The average Bonchev–Trinajstić information content (AvgIpc) is 3.48. The van der Waals surface area contributed by atoms with E-state index in [1.165, 1.54) is 0 Å². The fourth-order valence-corrected chi connectivity index (χ4v) is 5.77. The van der Waals surface area contributed by atoms with Crippen LogP contribution < -0.4 is 9.64 Å². The van der Waals surface area contributed by atoms with E-state index in [1.807, 2.05) is 36.4 Å². The molecule has 4 aromatic rings. The number of imidazole rings is 1. The summed E-state index contributed by atoms with van der Waals surface area (Å²) in [5, 5.41) is 9.58. The molecule has 1 N–H and O–H groups in total. The molecular formula is C31H36N6O4. The number of benzene rings is 1. The first-order valence-electron chi connectivity index (χ1n) is 14.2. The van der Waals surface area contributed by atoms with Gasteiger partial charge in [0.15, 0.2) is 0 Å². The van der Waals surface area contributed by atoms with Gasteiger partial charge in [-0.2, -0.15) is 4.98 Å². The first-order chi connectivity index (χ1) is 19.9. The maximum Gasteiger partial charge on any atom is 0.335 e. The quantitative estimate of drug-likeness (QED) is 0.288. The summed E-state index contributed by atoms with van der Waals surface area (Å²) in [5.74, 6) is 1.48. The first kappa shape index (κ1) is 27.2. The molecule has 3 atom stereocenters. The second kappa shape index (κ2) is 11.8. The highest BCUT2D eigenvalue weighted by Gasteiger charge is 2.33. The van der Waals surface area contributed by atoms with Crippen molar-refractivity contribution in [1.29, 1.82) is 0 Å². The highest BCUT2D eigenvalue weighted by molar-refractivity contribution is 5.92. The normalized spacial score (nSPS) is 20.7. The van der Waals surface area contributed by atoms with Crippen molar-refractivity contribution < 1.29 is 19.4 Å². The zero-order valence-corrected chi connectivity index (χ0v) is 23.5. The number of hydrogen-bond acceptors (Lipinski definition) is 8. The fourth-order valence-electron chi connectivity index (χ4n) is 5.77. The molecule has 2 aliphatic rings. The van der Waals surface area contributed by atoms with Crippen LogP contribution in [0.1, 0.15) is 47.9 Å². The van der Waals surface area contributed by atoms with E-state index in [9.17, 15) is 9.90 Å². The molecule has 2 saturated heterocycles. The van der Waals surface area contributed by atoms with Gasteiger partial charge < -0.3 is 24.0 Å². The van der Waals surface area contributed by atoms with Crippen molar-refractivity contribution in [3.8, 4) is 5.88 Å². The second-order valence-electron chi connectivity index (χ2n) is 11.0. The molecule has 0 spiro atoms. The lowest BCUT2D eigenvalue weighted by molar-refractivity contribution is -0.0592. The topological polar surface area (TPSA) is 106 Å². The molecule has 1 aromatic carbocycles. The zero-order chi connectivity index (χ0) is 28.3. The van der Waals surface area contributed by atoms with Gasteiger partial charge in [0, 0.05) is 50.7 Å². The summed E-state index contributed by atoms with van der Waals surface area (Å²) in [7, 11) is 2.08. The van der Waals surface area contributed by atoms with E-state index in [1.54, 1.807) is 24.5 Å².